The number of aliphatic hydroxyl groups is 1. The zero-order valence-corrected chi connectivity index (χ0v) is 9.41. The van der Waals surface area contributed by atoms with E-state index in [0.29, 0.717) is 24.1 Å². The maximum atomic E-state index is 12.8. The Morgan fingerprint density at radius 2 is 2.00 bits per heavy atom. The summed E-state index contributed by atoms with van der Waals surface area (Å²) in [7, 11) is 0. The van der Waals surface area contributed by atoms with Crippen molar-refractivity contribution in [3.63, 3.8) is 0 Å². The SMILES string of the molecule is OCCCc1ncc2cccc(C(F)(F)F)c2n1. The van der Waals surface area contributed by atoms with Crippen LogP contribution in [0.3, 0.4) is 0 Å². The van der Waals surface area contributed by atoms with Crippen molar-refractivity contribution < 1.29 is 18.3 Å². The molecule has 0 saturated carbocycles. The largest absolute Gasteiger partial charge is 0.418 e. The van der Waals surface area contributed by atoms with E-state index in [4.69, 9.17) is 5.11 Å². The molecule has 3 nitrogen and oxygen atoms in total. The van der Waals surface area contributed by atoms with Gasteiger partial charge in [0.25, 0.3) is 0 Å². The van der Waals surface area contributed by atoms with Crippen LogP contribution in [0.2, 0.25) is 0 Å². The maximum absolute atomic E-state index is 12.8. The molecule has 0 bridgehead atoms. The zero-order chi connectivity index (χ0) is 13.2. The van der Waals surface area contributed by atoms with Crippen LogP contribution in [0.25, 0.3) is 10.9 Å². The highest BCUT2D eigenvalue weighted by Crippen LogP contribution is 2.33. The molecule has 2 aromatic rings. The molecule has 1 aromatic heterocycles. The Morgan fingerprint density at radius 3 is 2.67 bits per heavy atom. The minimum Gasteiger partial charge on any atom is -0.396 e. The Kier molecular flexibility index (Phi) is 3.47. The first-order valence-corrected chi connectivity index (χ1v) is 5.45. The Labute approximate surface area is 101 Å². The summed E-state index contributed by atoms with van der Waals surface area (Å²) >= 11 is 0. The van der Waals surface area contributed by atoms with Crippen LogP contribution in [0, 0.1) is 0 Å². The van der Waals surface area contributed by atoms with E-state index in [-0.39, 0.29) is 12.1 Å². The van der Waals surface area contributed by atoms with Crippen molar-refractivity contribution in [3.8, 4) is 0 Å². The van der Waals surface area contributed by atoms with Crippen LogP contribution >= 0.6 is 0 Å². The van der Waals surface area contributed by atoms with Gasteiger partial charge in [-0.3, -0.25) is 0 Å². The minimum atomic E-state index is -4.43. The second-order valence-corrected chi connectivity index (χ2v) is 3.85. The highest BCUT2D eigenvalue weighted by molar-refractivity contribution is 5.81. The van der Waals surface area contributed by atoms with Crippen molar-refractivity contribution in [1.29, 1.82) is 0 Å². The number of hydrogen-bond donors (Lipinski definition) is 1. The lowest BCUT2D eigenvalue weighted by atomic mass is 10.1. The van der Waals surface area contributed by atoms with Crippen LogP contribution in [0.4, 0.5) is 13.2 Å². The topological polar surface area (TPSA) is 46.0 Å². The van der Waals surface area contributed by atoms with Gasteiger partial charge < -0.3 is 5.11 Å². The van der Waals surface area contributed by atoms with Gasteiger partial charge in [0.05, 0.1) is 11.1 Å². The van der Waals surface area contributed by atoms with Gasteiger partial charge in [0.2, 0.25) is 0 Å². The molecule has 0 saturated heterocycles. The van der Waals surface area contributed by atoms with E-state index in [1.807, 2.05) is 0 Å². The van der Waals surface area contributed by atoms with Gasteiger partial charge in [0.15, 0.2) is 0 Å². The summed E-state index contributed by atoms with van der Waals surface area (Å²) in [4.78, 5) is 7.91. The van der Waals surface area contributed by atoms with E-state index in [1.54, 1.807) is 6.07 Å². The summed E-state index contributed by atoms with van der Waals surface area (Å²) in [6.45, 7) is -0.0394. The average Bonchev–Trinajstić information content (AvgIpc) is 2.34. The summed E-state index contributed by atoms with van der Waals surface area (Å²) < 4.78 is 38.4. The molecule has 0 fully saturated rings. The first-order valence-electron chi connectivity index (χ1n) is 5.45. The van der Waals surface area contributed by atoms with Crippen LogP contribution in [0.1, 0.15) is 17.8 Å². The molecule has 0 unspecified atom stereocenters. The van der Waals surface area contributed by atoms with Gasteiger partial charge in [-0.1, -0.05) is 12.1 Å². The van der Waals surface area contributed by atoms with Crippen molar-refractivity contribution in [3.05, 3.63) is 35.8 Å². The predicted octanol–water partition coefficient (Wildman–Crippen LogP) is 2.57. The van der Waals surface area contributed by atoms with Crippen LogP contribution < -0.4 is 0 Å². The molecule has 18 heavy (non-hydrogen) atoms. The Bertz CT molecular complexity index is 555. The van der Waals surface area contributed by atoms with Crippen molar-refractivity contribution >= 4 is 10.9 Å². The molecule has 1 heterocycles. The van der Waals surface area contributed by atoms with E-state index >= 15 is 0 Å². The molecule has 1 aromatic carbocycles. The number of aryl methyl sites for hydroxylation is 1. The lowest BCUT2D eigenvalue weighted by molar-refractivity contribution is -0.136. The van der Waals surface area contributed by atoms with E-state index in [2.05, 4.69) is 9.97 Å². The van der Waals surface area contributed by atoms with Crippen LogP contribution in [0.15, 0.2) is 24.4 Å². The third-order valence-electron chi connectivity index (χ3n) is 2.52. The fraction of sp³-hybridized carbons (Fsp3) is 0.333. The number of alkyl halides is 3. The fourth-order valence-electron chi connectivity index (χ4n) is 1.68. The number of aromatic nitrogens is 2. The first-order chi connectivity index (χ1) is 8.52. The third-order valence-corrected chi connectivity index (χ3v) is 2.52. The normalized spacial score (nSPS) is 12.0. The summed E-state index contributed by atoms with van der Waals surface area (Å²) in [5, 5.41) is 9.05. The number of aliphatic hydroxyl groups excluding tert-OH is 1. The molecular formula is C12H11F3N2O. The predicted molar refractivity (Wildman–Crippen MR) is 59.9 cm³/mol. The monoisotopic (exact) mass is 256 g/mol. The molecule has 0 atom stereocenters. The van der Waals surface area contributed by atoms with Crippen LogP contribution in [0.5, 0.6) is 0 Å². The van der Waals surface area contributed by atoms with Crippen LogP contribution in [-0.2, 0) is 12.6 Å². The lowest BCUT2D eigenvalue weighted by Gasteiger charge is -2.10. The fourth-order valence-corrected chi connectivity index (χ4v) is 1.68. The molecular weight excluding hydrogens is 245 g/mol. The summed E-state index contributed by atoms with van der Waals surface area (Å²) in [6, 6.07) is 3.88. The van der Waals surface area contributed by atoms with Crippen molar-refractivity contribution in [2.45, 2.75) is 19.0 Å². The summed E-state index contributed by atoms with van der Waals surface area (Å²) in [6.07, 6.45) is -2.26. The summed E-state index contributed by atoms with van der Waals surface area (Å²) in [5.74, 6) is 0.313. The van der Waals surface area contributed by atoms with Gasteiger partial charge in [0, 0.05) is 24.6 Å². The number of benzene rings is 1. The first kappa shape index (κ1) is 12.8. The van der Waals surface area contributed by atoms with Crippen molar-refractivity contribution in [2.24, 2.45) is 0 Å². The smallest absolute Gasteiger partial charge is 0.396 e. The van der Waals surface area contributed by atoms with E-state index < -0.39 is 11.7 Å². The average molecular weight is 256 g/mol. The van der Waals surface area contributed by atoms with Crippen molar-refractivity contribution in [2.75, 3.05) is 6.61 Å². The number of nitrogens with zero attached hydrogens (tertiary/aromatic N) is 2. The van der Waals surface area contributed by atoms with Gasteiger partial charge >= 0.3 is 6.18 Å². The van der Waals surface area contributed by atoms with Crippen LogP contribution in [-0.4, -0.2) is 21.7 Å². The van der Waals surface area contributed by atoms with Gasteiger partial charge in [-0.15, -0.1) is 0 Å². The number of hydrogen-bond acceptors (Lipinski definition) is 3. The Balaban J connectivity index is 2.52. The lowest BCUT2D eigenvalue weighted by Crippen LogP contribution is -2.08. The molecule has 6 heteroatoms. The number of fused-ring (bicyclic) bond motifs is 1. The molecule has 2 rings (SSSR count). The number of para-hydroxylation sites is 1. The molecule has 0 aliphatic heterocycles. The number of halogens is 3. The molecule has 0 spiro atoms. The van der Waals surface area contributed by atoms with E-state index in [9.17, 15) is 13.2 Å². The highest BCUT2D eigenvalue weighted by Gasteiger charge is 2.33. The van der Waals surface area contributed by atoms with Crippen molar-refractivity contribution in [1.82, 2.24) is 9.97 Å². The molecule has 0 amide bonds. The van der Waals surface area contributed by atoms with Gasteiger partial charge in [0.1, 0.15) is 5.82 Å². The highest BCUT2D eigenvalue weighted by atomic mass is 19.4. The minimum absolute atomic E-state index is 0.0394. The second kappa shape index (κ2) is 4.89. The standard InChI is InChI=1S/C12H11F3N2O/c13-12(14,15)9-4-1-3-8-7-16-10(5-2-6-18)17-11(8)9/h1,3-4,7,18H,2,5-6H2. The molecule has 96 valence electrons. The number of rotatable bonds is 3. The summed E-state index contributed by atoms with van der Waals surface area (Å²) in [5.41, 5.74) is -0.847. The Hall–Kier alpha value is -1.69. The quantitative estimate of drug-likeness (QED) is 0.918. The Morgan fingerprint density at radius 1 is 1.22 bits per heavy atom. The second-order valence-electron chi connectivity index (χ2n) is 3.85. The molecule has 0 aliphatic carbocycles. The molecule has 0 aliphatic rings. The van der Waals surface area contributed by atoms with Gasteiger partial charge in [-0.05, 0) is 12.5 Å². The van der Waals surface area contributed by atoms with Gasteiger partial charge in [-0.25, -0.2) is 9.97 Å². The molecule has 1 N–H and O–H groups in total. The molecule has 0 radical (unpaired) electrons. The van der Waals surface area contributed by atoms with E-state index in [0.717, 1.165) is 6.07 Å². The zero-order valence-electron chi connectivity index (χ0n) is 9.41. The van der Waals surface area contributed by atoms with Gasteiger partial charge in [-0.2, -0.15) is 13.2 Å². The van der Waals surface area contributed by atoms with E-state index in [1.165, 1.54) is 12.3 Å². The third kappa shape index (κ3) is 2.59. The maximum Gasteiger partial charge on any atom is 0.418 e.